The second-order valence-corrected chi connectivity index (χ2v) is 8.21. The SMILES string of the molecule is CC(=O)NC1CCCN(Cn2nc(-c3ccncc3)n(-c3ccc(Cl)cc3)c2=S)C1. The number of piperidine rings is 1. The number of carbonyl (C=O) groups excluding carboxylic acids is 1. The van der Waals surface area contributed by atoms with Gasteiger partial charge in [0.1, 0.15) is 0 Å². The molecule has 1 fully saturated rings. The van der Waals surface area contributed by atoms with Crippen molar-refractivity contribution in [2.24, 2.45) is 0 Å². The van der Waals surface area contributed by atoms with E-state index in [-0.39, 0.29) is 11.9 Å². The van der Waals surface area contributed by atoms with Gasteiger partial charge in [-0.05, 0) is 61.5 Å². The van der Waals surface area contributed by atoms with Crippen LogP contribution in [0.2, 0.25) is 5.02 Å². The number of halogens is 1. The average molecular weight is 443 g/mol. The molecule has 1 aromatic carbocycles. The van der Waals surface area contributed by atoms with Gasteiger partial charge in [0.2, 0.25) is 10.7 Å². The zero-order valence-corrected chi connectivity index (χ0v) is 18.2. The number of likely N-dealkylation sites (tertiary alicyclic amines) is 1. The van der Waals surface area contributed by atoms with Gasteiger partial charge in [0, 0.05) is 49.0 Å². The molecule has 4 rings (SSSR count). The monoisotopic (exact) mass is 442 g/mol. The molecular weight excluding hydrogens is 420 g/mol. The van der Waals surface area contributed by atoms with Crippen LogP contribution in [0.5, 0.6) is 0 Å². The Kier molecular flexibility index (Phi) is 6.26. The lowest BCUT2D eigenvalue weighted by atomic mass is 10.1. The Balaban J connectivity index is 1.68. The van der Waals surface area contributed by atoms with Gasteiger partial charge in [0.25, 0.3) is 0 Å². The molecule has 30 heavy (non-hydrogen) atoms. The zero-order chi connectivity index (χ0) is 21.1. The maximum Gasteiger partial charge on any atom is 0.217 e. The molecule has 0 aliphatic carbocycles. The first-order chi connectivity index (χ1) is 14.5. The van der Waals surface area contributed by atoms with Crippen LogP contribution in [-0.2, 0) is 11.5 Å². The van der Waals surface area contributed by atoms with Crippen LogP contribution in [0.25, 0.3) is 17.1 Å². The van der Waals surface area contributed by atoms with E-state index >= 15 is 0 Å². The molecule has 1 aliphatic heterocycles. The third-order valence-electron chi connectivity index (χ3n) is 5.11. The van der Waals surface area contributed by atoms with Gasteiger partial charge >= 0.3 is 0 Å². The van der Waals surface area contributed by atoms with E-state index in [4.69, 9.17) is 28.9 Å². The molecule has 3 aromatic rings. The maximum absolute atomic E-state index is 11.4. The van der Waals surface area contributed by atoms with Gasteiger partial charge in [0.05, 0.1) is 12.4 Å². The molecule has 7 nitrogen and oxygen atoms in total. The fraction of sp³-hybridized carbons (Fsp3) is 0.333. The summed E-state index contributed by atoms with van der Waals surface area (Å²) in [6, 6.07) is 11.5. The van der Waals surface area contributed by atoms with Crippen LogP contribution >= 0.6 is 23.8 Å². The van der Waals surface area contributed by atoms with Crippen molar-refractivity contribution in [3.8, 4) is 17.1 Å². The second kappa shape index (κ2) is 9.07. The standard InChI is InChI=1S/C21H23ClN6OS/c1-15(29)24-18-3-2-12-26(13-18)14-27-21(30)28(19-6-4-17(22)5-7-19)20(25-27)16-8-10-23-11-9-16/h4-11,18H,2-3,12-14H2,1H3,(H,24,29). The minimum Gasteiger partial charge on any atom is -0.352 e. The molecule has 1 amide bonds. The van der Waals surface area contributed by atoms with E-state index < -0.39 is 0 Å². The summed E-state index contributed by atoms with van der Waals surface area (Å²) in [5.74, 6) is 0.755. The van der Waals surface area contributed by atoms with Crippen molar-refractivity contribution >= 4 is 29.7 Å². The van der Waals surface area contributed by atoms with Crippen molar-refractivity contribution in [3.05, 3.63) is 58.6 Å². The fourth-order valence-electron chi connectivity index (χ4n) is 3.79. The molecule has 0 saturated carbocycles. The highest BCUT2D eigenvalue weighted by molar-refractivity contribution is 7.71. The Hall–Kier alpha value is -2.55. The van der Waals surface area contributed by atoms with E-state index in [0.717, 1.165) is 43.0 Å². The number of amides is 1. The van der Waals surface area contributed by atoms with Gasteiger partial charge in [-0.2, -0.15) is 0 Å². The van der Waals surface area contributed by atoms with Crippen LogP contribution in [0.3, 0.4) is 0 Å². The number of hydrogen-bond donors (Lipinski definition) is 1. The lowest BCUT2D eigenvalue weighted by Crippen LogP contribution is -2.47. The van der Waals surface area contributed by atoms with Gasteiger partial charge in [-0.3, -0.25) is 19.2 Å². The first-order valence-electron chi connectivity index (χ1n) is 9.87. The first-order valence-corrected chi connectivity index (χ1v) is 10.7. The van der Waals surface area contributed by atoms with E-state index in [1.165, 1.54) is 0 Å². The minimum atomic E-state index is 0.00505. The summed E-state index contributed by atoms with van der Waals surface area (Å²) in [6.07, 6.45) is 5.49. The Morgan fingerprint density at radius 2 is 1.97 bits per heavy atom. The van der Waals surface area contributed by atoms with Crippen LogP contribution < -0.4 is 5.32 Å². The van der Waals surface area contributed by atoms with Crippen molar-refractivity contribution in [3.63, 3.8) is 0 Å². The third kappa shape index (κ3) is 4.61. The van der Waals surface area contributed by atoms with Gasteiger partial charge in [-0.25, -0.2) is 4.68 Å². The van der Waals surface area contributed by atoms with E-state index in [2.05, 4.69) is 15.2 Å². The highest BCUT2D eigenvalue weighted by atomic mass is 35.5. The molecule has 0 radical (unpaired) electrons. The number of hydrogen-bond acceptors (Lipinski definition) is 5. The fourth-order valence-corrected chi connectivity index (χ4v) is 4.21. The minimum absolute atomic E-state index is 0.00505. The van der Waals surface area contributed by atoms with Crippen molar-refractivity contribution < 1.29 is 4.79 Å². The number of nitrogens with one attached hydrogen (secondary N) is 1. The van der Waals surface area contributed by atoms with Gasteiger partial charge < -0.3 is 5.32 Å². The topological polar surface area (TPSA) is 68.0 Å². The van der Waals surface area contributed by atoms with Gasteiger partial charge in [-0.15, -0.1) is 5.10 Å². The summed E-state index contributed by atoms with van der Waals surface area (Å²) in [6.45, 7) is 3.84. The molecule has 1 atom stereocenters. The van der Waals surface area contributed by atoms with Crippen LogP contribution in [0, 0.1) is 4.77 Å². The predicted molar refractivity (Wildman–Crippen MR) is 119 cm³/mol. The number of benzene rings is 1. The molecule has 1 aliphatic rings. The van der Waals surface area contributed by atoms with Crippen LogP contribution in [0.1, 0.15) is 19.8 Å². The van der Waals surface area contributed by atoms with Crippen molar-refractivity contribution in [2.45, 2.75) is 32.5 Å². The average Bonchev–Trinajstić information content (AvgIpc) is 3.05. The summed E-state index contributed by atoms with van der Waals surface area (Å²) in [5, 5.41) is 8.54. The van der Waals surface area contributed by atoms with E-state index in [0.29, 0.717) is 16.5 Å². The Morgan fingerprint density at radius 3 is 2.67 bits per heavy atom. The third-order valence-corrected chi connectivity index (χ3v) is 5.75. The van der Waals surface area contributed by atoms with Crippen molar-refractivity contribution in [1.29, 1.82) is 0 Å². The molecule has 1 saturated heterocycles. The molecular formula is C21H23ClN6OS. The molecule has 3 heterocycles. The molecule has 1 N–H and O–H groups in total. The van der Waals surface area contributed by atoms with Crippen molar-refractivity contribution in [1.82, 2.24) is 29.5 Å². The molecule has 9 heteroatoms. The molecule has 2 aromatic heterocycles. The number of aromatic nitrogens is 4. The largest absolute Gasteiger partial charge is 0.352 e. The van der Waals surface area contributed by atoms with Crippen LogP contribution in [0.15, 0.2) is 48.8 Å². The Bertz CT molecular complexity index is 1080. The van der Waals surface area contributed by atoms with Crippen LogP contribution in [0.4, 0.5) is 0 Å². The van der Waals surface area contributed by atoms with Gasteiger partial charge in [-0.1, -0.05) is 11.6 Å². The highest BCUT2D eigenvalue weighted by Gasteiger charge is 2.22. The molecule has 156 valence electrons. The van der Waals surface area contributed by atoms with E-state index in [9.17, 15) is 4.79 Å². The normalized spacial score (nSPS) is 17.1. The Labute approximate surface area is 185 Å². The summed E-state index contributed by atoms with van der Waals surface area (Å²) in [5.41, 5.74) is 1.83. The second-order valence-electron chi connectivity index (χ2n) is 7.41. The van der Waals surface area contributed by atoms with Crippen LogP contribution in [-0.4, -0.2) is 49.3 Å². The maximum atomic E-state index is 11.4. The molecule has 0 bridgehead atoms. The van der Waals surface area contributed by atoms with Crippen molar-refractivity contribution in [2.75, 3.05) is 13.1 Å². The Morgan fingerprint density at radius 1 is 1.23 bits per heavy atom. The number of nitrogens with zero attached hydrogens (tertiary/aromatic N) is 5. The van der Waals surface area contributed by atoms with Gasteiger partial charge in [0.15, 0.2) is 5.82 Å². The quantitative estimate of drug-likeness (QED) is 0.610. The summed E-state index contributed by atoms with van der Waals surface area (Å²) in [7, 11) is 0. The lowest BCUT2D eigenvalue weighted by molar-refractivity contribution is -0.120. The number of rotatable bonds is 5. The highest BCUT2D eigenvalue weighted by Crippen LogP contribution is 2.24. The zero-order valence-electron chi connectivity index (χ0n) is 16.7. The summed E-state index contributed by atoms with van der Waals surface area (Å²) in [4.78, 5) is 17.8. The summed E-state index contributed by atoms with van der Waals surface area (Å²) >= 11 is 11.9. The molecule has 0 spiro atoms. The number of pyridine rings is 1. The first kappa shape index (κ1) is 20.7. The molecule has 1 unspecified atom stereocenters. The number of carbonyl (C=O) groups is 1. The summed E-state index contributed by atoms with van der Waals surface area (Å²) < 4.78 is 4.40. The van der Waals surface area contributed by atoms with E-state index in [1.54, 1.807) is 19.3 Å². The smallest absolute Gasteiger partial charge is 0.217 e. The predicted octanol–water partition coefficient (Wildman–Crippen LogP) is 3.68. The lowest BCUT2D eigenvalue weighted by Gasteiger charge is -2.32. The van der Waals surface area contributed by atoms with E-state index in [1.807, 2.05) is 45.6 Å².